The van der Waals surface area contributed by atoms with Crippen LogP contribution in [0.4, 0.5) is 0 Å². The van der Waals surface area contributed by atoms with Gasteiger partial charge >= 0.3 is 5.97 Å². The van der Waals surface area contributed by atoms with Crippen molar-refractivity contribution in [3.63, 3.8) is 0 Å². The van der Waals surface area contributed by atoms with E-state index in [1.54, 1.807) is 19.1 Å². The van der Waals surface area contributed by atoms with Crippen molar-refractivity contribution in [2.24, 2.45) is 0 Å². The van der Waals surface area contributed by atoms with E-state index < -0.39 is 12.1 Å². The molecule has 0 amide bonds. The maximum atomic E-state index is 11.3. The van der Waals surface area contributed by atoms with Gasteiger partial charge in [0.25, 0.3) is 0 Å². The van der Waals surface area contributed by atoms with Crippen molar-refractivity contribution in [2.45, 2.75) is 45.6 Å². The summed E-state index contributed by atoms with van der Waals surface area (Å²) < 4.78 is 4.77. The molecule has 0 aromatic heterocycles. The Bertz CT molecular complexity index is 244. The Morgan fingerprint density at radius 2 is 2.12 bits per heavy atom. The lowest BCUT2D eigenvalue weighted by Gasteiger charge is -2.13. The summed E-state index contributed by atoms with van der Waals surface area (Å²) in [6.07, 6.45) is 6.00. The van der Waals surface area contributed by atoms with Crippen LogP contribution in [0, 0.1) is 0 Å². The van der Waals surface area contributed by atoms with Gasteiger partial charge in [0.15, 0.2) is 6.10 Å². The number of unbranched alkanes of at least 4 members (excludes halogenated alkanes) is 2. The van der Waals surface area contributed by atoms with Crippen molar-refractivity contribution in [2.75, 3.05) is 6.61 Å². The molecule has 0 aliphatic heterocycles. The molecular formula is C13H22O3. The van der Waals surface area contributed by atoms with Gasteiger partial charge in [0.1, 0.15) is 0 Å². The van der Waals surface area contributed by atoms with Crippen LogP contribution in [0.2, 0.25) is 0 Å². The van der Waals surface area contributed by atoms with E-state index in [1.165, 1.54) is 0 Å². The minimum absolute atomic E-state index is 0.284. The third-order valence-corrected chi connectivity index (χ3v) is 2.26. The number of allylic oxidation sites excluding steroid dienone is 2. The van der Waals surface area contributed by atoms with Gasteiger partial charge < -0.3 is 9.84 Å². The van der Waals surface area contributed by atoms with Gasteiger partial charge in [-0.05, 0) is 25.3 Å². The lowest BCUT2D eigenvalue weighted by Crippen LogP contribution is -2.25. The van der Waals surface area contributed by atoms with Gasteiger partial charge in [-0.1, -0.05) is 38.5 Å². The van der Waals surface area contributed by atoms with Crippen LogP contribution in [0.1, 0.15) is 39.5 Å². The van der Waals surface area contributed by atoms with Gasteiger partial charge in [0, 0.05) is 0 Å². The van der Waals surface area contributed by atoms with Crippen molar-refractivity contribution in [1.82, 2.24) is 0 Å². The lowest BCUT2D eigenvalue weighted by molar-refractivity contribution is -0.151. The molecule has 0 aromatic rings. The van der Waals surface area contributed by atoms with Crippen LogP contribution in [0.5, 0.6) is 0 Å². The van der Waals surface area contributed by atoms with Crippen LogP contribution in [0.3, 0.4) is 0 Å². The molecule has 0 unspecified atom stereocenters. The summed E-state index contributed by atoms with van der Waals surface area (Å²) in [7, 11) is 0. The molecule has 0 heterocycles. The predicted octanol–water partition coefficient (Wildman–Crippen LogP) is 2.60. The molecule has 1 atom stereocenters. The number of hydrogen-bond acceptors (Lipinski definition) is 3. The molecule has 0 radical (unpaired) electrons. The minimum atomic E-state index is -1.14. The van der Waals surface area contributed by atoms with Crippen LogP contribution < -0.4 is 0 Å². The molecule has 0 rings (SSSR count). The van der Waals surface area contributed by atoms with Crippen LogP contribution in [0.15, 0.2) is 24.3 Å². The first-order valence-corrected chi connectivity index (χ1v) is 5.83. The average molecular weight is 226 g/mol. The van der Waals surface area contributed by atoms with E-state index in [4.69, 9.17) is 4.74 Å². The zero-order valence-corrected chi connectivity index (χ0v) is 10.2. The van der Waals surface area contributed by atoms with E-state index >= 15 is 0 Å². The number of hydrogen-bond donors (Lipinski definition) is 1. The van der Waals surface area contributed by atoms with Gasteiger partial charge in [-0.2, -0.15) is 0 Å². The van der Waals surface area contributed by atoms with E-state index in [9.17, 15) is 9.90 Å². The SMILES string of the molecule is C=C/C=C(/CCCCC)[C@H](O)C(=O)OCC. The molecular weight excluding hydrogens is 204 g/mol. The molecule has 0 fully saturated rings. The largest absolute Gasteiger partial charge is 0.464 e. The maximum Gasteiger partial charge on any atom is 0.339 e. The Labute approximate surface area is 97.8 Å². The summed E-state index contributed by atoms with van der Waals surface area (Å²) in [5.41, 5.74) is 0.682. The zero-order chi connectivity index (χ0) is 12.4. The van der Waals surface area contributed by atoms with Crippen molar-refractivity contribution in [3.05, 3.63) is 24.3 Å². The maximum absolute atomic E-state index is 11.3. The van der Waals surface area contributed by atoms with E-state index in [0.717, 1.165) is 19.3 Å². The first-order chi connectivity index (χ1) is 7.67. The van der Waals surface area contributed by atoms with Crippen LogP contribution in [-0.4, -0.2) is 23.8 Å². The summed E-state index contributed by atoms with van der Waals surface area (Å²) in [6.45, 7) is 7.69. The molecule has 0 saturated carbocycles. The summed E-state index contributed by atoms with van der Waals surface area (Å²) in [4.78, 5) is 11.3. The highest BCUT2D eigenvalue weighted by Gasteiger charge is 2.20. The normalized spacial score (nSPS) is 13.3. The van der Waals surface area contributed by atoms with Gasteiger partial charge in [-0.25, -0.2) is 4.79 Å². The molecule has 16 heavy (non-hydrogen) atoms. The summed E-state index contributed by atoms with van der Waals surface area (Å²) in [5, 5.41) is 9.75. The third kappa shape index (κ3) is 5.71. The van der Waals surface area contributed by atoms with E-state index in [-0.39, 0.29) is 6.61 Å². The highest BCUT2D eigenvalue weighted by atomic mass is 16.5. The van der Waals surface area contributed by atoms with Crippen molar-refractivity contribution < 1.29 is 14.6 Å². The fourth-order valence-electron chi connectivity index (χ4n) is 1.41. The first-order valence-electron chi connectivity index (χ1n) is 5.83. The highest BCUT2D eigenvalue weighted by Crippen LogP contribution is 2.14. The Morgan fingerprint density at radius 3 is 2.62 bits per heavy atom. The molecule has 0 aliphatic rings. The molecule has 0 bridgehead atoms. The van der Waals surface area contributed by atoms with Gasteiger partial charge in [0.05, 0.1) is 6.61 Å². The summed E-state index contributed by atoms with van der Waals surface area (Å²) >= 11 is 0. The summed E-state index contributed by atoms with van der Waals surface area (Å²) in [6, 6.07) is 0. The van der Waals surface area contributed by atoms with Gasteiger partial charge in [0.2, 0.25) is 0 Å². The fraction of sp³-hybridized carbons (Fsp3) is 0.615. The minimum Gasteiger partial charge on any atom is -0.464 e. The predicted molar refractivity (Wildman–Crippen MR) is 65.1 cm³/mol. The Kier molecular flexibility index (Phi) is 8.53. The molecule has 0 spiro atoms. The fourth-order valence-corrected chi connectivity index (χ4v) is 1.41. The van der Waals surface area contributed by atoms with Crippen LogP contribution >= 0.6 is 0 Å². The van der Waals surface area contributed by atoms with Gasteiger partial charge in [-0.15, -0.1) is 0 Å². The van der Waals surface area contributed by atoms with Gasteiger partial charge in [-0.3, -0.25) is 0 Å². The van der Waals surface area contributed by atoms with E-state index in [2.05, 4.69) is 13.5 Å². The van der Waals surface area contributed by atoms with Crippen LogP contribution in [0.25, 0.3) is 0 Å². The van der Waals surface area contributed by atoms with Crippen molar-refractivity contribution >= 4 is 5.97 Å². The number of ether oxygens (including phenoxy) is 1. The molecule has 0 saturated heterocycles. The number of carbonyl (C=O) groups is 1. The second kappa shape index (κ2) is 9.16. The molecule has 92 valence electrons. The molecule has 3 heteroatoms. The van der Waals surface area contributed by atoms with E-state index in [0.29, 0.717) is 12.0 Å². The van der Waals surface area contributed by atoms with Crippen molar-refractivity contribution in [1.29, 1.82) is 0 Å². The molecule has 0 aromatic carbocycles. The number of carbonyl (C=O) groups excluding carboxylic acids is 1. The first kappa shape index (κ1) is 14.9. The second-order valence-corrected chi connectivity index (χ2v) is 3.59. The second-order valence-electron chi connectivity index (χ2n) is 3.59. The van der Waals surface area contributed by atoms with E-state index in [1.807, 2.05) is 0 Å². The number of esters is 1. The molecule has 3 nitrogen and oxygen atoms in total. The van der Waals surface area contributed by atoms with Crippen molar-refractivity contribution in [3.8, 4) is 0 Å². The number of aliphatic hydroxyl groups excluding tert-OH is 1. The number of rotatable bonds is 8. The zero-order valence-electron chi connectivity index (χ0n) is 10.2. The highest BCUT2D eigenvalue weighted by molar-refractivity contribution is 5.78. The summed E-state index contributed by atoms with van der Waals surface area (Å²) in [5.74, 6) is -0.577. The number of aliphatic hydroxyl groups is 1. The Morgan fingerprint density at radius 1 is 1.44 bits per heavy atom. The topological polar surface area (TPSA) is 46.5 Å². The van der Waals surface area contributed by atoms with Crippen LogP contribution in [-0.2, 0) is 9.53 Å². The Balaban J connectivity index is 4.34. The smallest absolute Gasteiger partial charge is 0.339 e. The molecule has 1 N–H and O–H groups in total. The lowest BCUT2D eigenvalue weighted by atomic mass is 10.0. The standard InChI is InChI=1S/C13H22O3/c1-4-7-8-10-11(9-5-2)12(14)13(15)16-6-3/h5,9,12,14H,2,4,6-8,10H2,1,3H3/b11-9-/t12-/m0/s1. The average Bonchev–Trinajstić information content (AvgIpc) is 2.27. The monoisotopic (exact) mass is 226 g/mol. The third-order valence-electron chi connectivity index (χ3n) is 2.26. The quantitative estimate of drug-likeness (QED) is 0.393. The Hall–Kier alpha value is -1.09. The molecule has 0 aliphatic carbocycles.